The van der Waals surface area contributed by atoms with Gasteiger partial charge in [0.25, 0.3) is 0 Å². The molecule has 1 aromatic heterocycles. The Kier molecular flexibility index (Phi) is 3.88. The SMILES string of the molecule is COCCc1ncc2cc(N=C=S)ccc2n1. The van der Waals surface area contributed by atoms with Gasteiger partial charge < -0.3 is 4.74 Å². The van der Waals surface area contributed by atoms with E-state index in [-0.39, 0.29) is 0 Å². The van der Waals surface area contributed by atoms with Crippen molar-refractivity contribution in [2.45, 2.75) is 6.42 Å². The van der Waals surface area contributed by atoms with Gasteiger partial charge in [0.05, 0.1) is 23.0 Å². The van der Waals surface area contributed by atoms with Crippen LogP contribution < -0.4 is 0 Å². The van der Waals surface area contributed by atoms with E-state index in [1.165, 1.54) is 0 Å². The topological polar surface area (TPSA) is 47.4 Å². The normalized spacial score (nSPS) is 10.2. The monoisotopic (exact) mass is 245 g/mol. The third-order valence-electron chi connectivity index (χ3n) is 2.32. The van der Waals surface area contributed by atoms with Crippen LogP contribution in [-0.4, -0.2) is 28.8 Å². The second-order valence-corrected chi connectivity index (χ2v) is 3.66. The summed E-state index contributed by atoms with van der Waals surface area (Å²) in [7, 11) is 1.66. The molecule has 0 N–H and O–H groups in total. The molecule has 0 saturated heterocycles. The smallest absolute Gasteiger partial charge is 0.131 e. The van der Waals surface area contributed by atoms with Crippen LogP contribution in [0.25, 0.3) is 10.9 Å². The van der Waals surface area contributed by atoms with Crippen LogP contribution in [-0.2, 0) is 11.2 Å². The summed E-state index contributed by atoms with van der Waals surface area (Å²) in [5, 5.41) is 3.28. The molecule has 1 aromatic carbocycles. The molecule has 0 unspecified atom stereocenters. The largest absolute Gasteiger partial charge is 0.384 e. The van der Waals surface area contributed by atoms with Gasteiger partial charge in [-0.25, -0.2) is 9.97 Å². The maximum atomic E-state index is 4.99. The molecule has 86 valence electrons. The minimum atomic E-state index is 0.624. The number of ether oxygens (including phenoxy) is 1. The van der Waals surface area contributed by atoms with Gasteiger partial charge in [-0.05, 0) is 30.4 Å². The highest BCUT2D eigenvalue weighted by molar-refractivity contribution is 7.78. The van der Waals surface area contributed by atoms with Gasteiger partial charge in [-0.2, -0.15) is 4.99 Å². The Morgan fingerprint density at radius 2 is 2.35 bits per heavy atom. The van der Waals surface area contributed by atoms with Crippen molar-refractivity contribution in [3.8, 4) is 0 Å². The Bertz CT molecular complexity index is 579. The molecule has 0 amide bonds. The van der Waals surface area contributed by atoms with Crippen LogP contribution in [0.3, 0.4) is 0 Å². The van der Waals surface area contributed by atoms with Crippen molar-refractivity contribution in [1.29, 1.82) is 0 Å². The predicted octanol–water partition coefficient (Wildman–Crippen LogP) is 2.55. The molecule has 1 heterocycles. The summed E-state index contributed by atoms with van der Waals surface area (Å²) in [6, 6.07) is 5.64. The van der Waals surface area contributed by atoms with E-state index in [9.17, 15) is 0 Å². The number of hydrogen-bond donors (Lipinski definition) is 0. The first-order valence-electron chi connectivity index (χ1n) is 5.16. The number of hydrogen-bond acceptors (Lipinski definition) is 5. The third kappa shape index (κ3) is 2.91. The van der Waals surface area contributed by atoms with Crippen LogP contribution in [0.2, 0.25) is 0 Å². The summed E-state index contributed by atoms with van der Waals surface area (Å²) >= 11 is 4.56. The summed E-state index contributed by atoms with van der Waals surface area (Å²) in [5.41, 5.74) is 1.66. The zero-order chi connectivity index (χ0) is 12.1. The van der Waals surface area contributed by atoms with Crippen molar-refractivity contribution in [3.63, 3.8) is 0 Å². The highest BCUT2D eigenvalue weighted by Crippen LogP contribution is 2.18. The van der Waals surface area contributed by atoms with Crippen molar-refractivity contribution in [1.82, 2.24) is 9.97 Å². The number of thiocarbonyl (C=S) groups is 1. The molecule has 0 aliphatic rings. The minimum absolute atomic E-state index is 0.624. The van der Waals surface area contributed by atoms with Crippen molar-refractivity contribution < 1.29 is 4.74 Å². The fourth-order valence-corrected chi connectivity index (χ4v) is 1.60. The van der Waals surface area contributed by atoms with Crippen LogP contribution in [0.4, 0.5) is 5.69 Å². The average Bonchev–Trinajstić information content (AvgIpc) is 2.36. The zero-order valence-corrected chi connectivity index (χ0v) is 10.2. The van der Waals surface area contributed by atoms with E-state index in [1.807, 2.05) is 18.2 Å². The van der Waals surface area contributed by atoms with Crippen molar-refractivity contribution >= 4 is 34.0 Å². The van der Waals surface area contributed by atoms with Gasteiger partial charge in [0.2, 0.25) is 0 Å². The average molecular weight is 245 g/mol. The summed E-state index contributed by atoms with van der Waals surface area (Å²) in [5.74, 6) is 0.783. The highest BCUT2D eigenvalue weighted by Gasteiger charge is 2.01. The molecule has 2 aromatic rings. The van der Waals surface area contributed by atoms with Crippen LogP contribution in [0.1, 0.15) is 5.82 Å². The maximum Gasteiger partial charge on any atom is 0.131 e. The summed E-state index contributed by atoms with van der Waals surface area (Å²) < 4.78 is 4.99. The van der Waals surface area contributed by atoms with Crippen LogP contribution in [0, 0.1) is 0 Å². The van der Waals surface area contributed by atoms with Crippen LogP contribution in [0.5, 0.6) is 0 Å². The molecule has 0 aliphatic heterocycles. The number of rotatable bonds is 4. The zero-order valence-electron chi connectivity index (χ0n) is 9.38. The molecule has 0 atom stereocenters. The fraction of sp³-hybridized carbons (Fsp3) is 0.250. The molecule has 0 saturated carbocycles. The van der Waals surface area contributed by atoms with Gasteiger partial charge in [0.1, 0.15) is 5.82 Å². The molecular weight excluding hydrogens is 234 g/mol. The maximum absolute atomic E-state index is 4.99. The first kappa shape index (κ1) is 11.8. The minimum Gasteiger partial charge on any atom is -0.384 e. The van der Waals surface area contributed by atoms with Crippen LogP contribution in [0.15, 0.2) is 29.4 Å². The Labute approximate surface area is 104 Å². The number of fused-ring (bicyclic) bond motifs is 1. The molecule has 0 aliphatic carbocycles. The second-order valence-electron chi connectivity index (χ2n) is 3.48. The van der Waals surface area contributed by atoms with Gasteiger partial charge in [0, 0.05) is 25.1 Å². The third-order valence-corrected chi connectivity index (χ3v) is 2.41. The quantitative estimate of drug-likeness (QED) is 0.613. The molecule has 0 spiro atoms. The lowest BCUT2D eigenvalue weighted by Crippen LogP contribution is -2.00. The molecule has 0 fully saturated rings. The summed E-state index contributed by atoms with van der Waals surface area (Å²) in [6.07, 6.45) is 2.50. The summed E-state index contributed by atoms with van der Waals surface area (Å²) in [4.78, 5) is 12.6. The first-order chi connectivity index (χ1) is 8.33. The van der Waals surface area contributed by atoms with E-state index >= 15 is 0 Å². The fourth-order valence-electron chi connectivity index (χ4n) is 1.50. The molecule has 0 bridgehead atoms. The molecule has 2 rings (SSSR count). The highest BCUT2D eigenvalue weighted by atomic mass is 32.1. The van der Waals surface area contributed by atoms with E-state index in [2.05, 4.69) is 32.3 Å². The first-order valence-corrected chi connectivity index (χ1v) is 5.57. The lowest BCUT2D eigenvalue weighted by molar-refractivity contribution is 0.200. The van der Waals surface area contributed by atoms with E-state index in [4.69, 9.17) is 4.74 Å². The van der Waals surface area contributed by atoms with Gasteiger partial charge in [-0.1, -0.05) is 0 Å². The lowest BCUT2D eigenvalue weighted by atomic mass is 10.2. The Morgan fingerprint density at radius 3 is 3.12 bits per heavy atom. The number of nitrogens with zero attached hydrogens (tertiary/aromatic N) is 3. The predicted molar refractivity (Wildman–Crippen MR) is 69.8 cm³/mol. The van der Waals surface area contributed by atoms with Crippen LogP contribution >= 0.6 is 12.2 Å². The number of aromatic nitrogens is 2. The van der Waals surface area contributed by atoms with E-state index in [1.54, 1.807) is 13.3 Å². The standard InChI is InChI=1S/C12H11N3OS/c1-16-5-4-12-13-7-9-6-10(14-8-17)2-3-11(9)15-12/h2-3,6-7H,4-5H2,1H3. The van der Waals surface area contributed by atoms with Crippen molar-refractivity contribution in [3.05, 3.63) is 30.2 Å². The number of isothiocyanates is 1. The Hall–Kier alpha value is -1.68. The molecule has 0 radical (unpaired) electrons. The van der Waals surface area contributed by atoms with Gasteiger partial charge >= 0.3 is 0 Å². The van der Waals surface area contributed by atoms with E-state index in [0.29, 0.717) is 13.0 Å². The number of benzene rings is 1. The summed E-state index contributed by atoms with van der Waals surface area (Å²) in [6.45, 7) is 0.624. The van der Waals surface area contributed by atoms with Gasteiger partial charge in [0.15, 0.2) is 0 Å². The Balaban J connectivity index is 2.36. The molecule has 5 heteroatoms. The van der Waals surface area contributed by atoms with Crippen molar-refractivity contribution in [2.24, 2.45) is 4.99 Å². The molecular formula is C12H11N3OS. The molecule has 17 heavy (non-hydrogen) atoms. The van der Waals surface area contributed by atoms with E-state index < -0.39 is 0 Å². The van der Waals surface area contributed by atoms with E-state index in [0.717, 1.165) is 22.4 Å². The van der Waals surface area contributed by atoms with Gasteiger partial charge in [-0.15, -0.1) is 0 Å². The Morgan fingerprint density at radius 1 is 1.47 bits per heavy atom. The number of methoxy groups -OCH3 is 1. The van der Waals surface area contributed by atoms with Crippen molar-refractivity contribution in [2.75, 3.05) is 13.7 Å². The second kappa shape index (κ2) is 5.59. The lowest BCUT2D eigenvalue weighted by Gasteiger charge is -2.02. The molecule has 4 nitrogen and oxygen atoms in total. The van der Waals surface area contributed by atoms with Gasteiger partial charge in [-0.3, -0.25) is 0 Å². The number of aliphatic imine (C=N–C) groups is 1.